The fourth-order valence-electron chi connectivity index (χ4n) is 2.43. The lowest BCUT2D eigenvalue weighted by Gasteiger charge is -2.09. The van der Waals surface area contributed by atoms with Gasteiger partial charge in [0.2, 0.25) is 0 Å². The van der Waals surface area contributed by atoms with E-state index in [-0.39, 0.29) is 0 Å². The second kappa shape index (κ2) is 8.91. The van der Waals surface area contributed by atoms with E-state index in [1.54, 1.807) is 0 Å². The van der Waals surface area contributed by atoms with Gasteiger partial charge in [0.25, 0.3) is 0 Å². The highest BCUT2D eigenvalue weighted by molar-refractivity contribution is 6.31. The minimum atomic E-state index is 0.529. The van der Waals surface area contributed by atoms with Crippen molar-refractivity contribution in [1.82, 2.24) is 5.32 Å². The Morgan fingerprint density at radius 3 is 2.12 bits per heavy atom. The Bertz CT molecular complexity index is 801. The van der Waals surface area contributed by atoms with Gasteiger partial charge in [-0.3, -0.25) is 0 Å². The third kappa shape index (κ3) is 5.50. The highest BCUT2D eigenvalue weighted by Crippen LogP contribution is 2.17. The van der Waals surface area contributed by atoms with Crippen molar-refractivity contribution in [2.45, 2.75) is 19.7 Å². The number of ether oxygens (including phenoxy) is 1. The summed E-state index contributed by atoms with van der Waals surface area (Å²) in [6.45, 7) is 2.05. The number of hydrogen-bond acceptors (Lipinski definition) is 2. The number of hydrogen-bond donors (Lipinski definition) is 1. The molecule has 3 aromatic rings. The van der Waals surface area contributed by atoms with E-state index in [2.05, 4.69) is 17.4 Å². The summed E-state index contributed by atoms with van der Waals surface area (Å²) in [7, 11) is 0. The van der Waals surface area contributed by atoms with Crippen LogP contribution in [0.3, 0.4) is 0 Å². The number of benzene rings is 3. The molecule has 0 saturated heterocycles. The molecular formula is C21H19Cl2NO. The van der Waals surface area contributed by atoms with Gasteiger partial charge in [-0.1, -0.05) is 65.7 Å². The van der Waals surface area contributed by atoms with Crippen LogP contribution in [0.15, 0.2) is 72.8 Å². The van der Waals surface area contributed by atoms with Crippen LogP contribution in [-0.2, 0) is 19.7 Å². The van der Waals surface area contributed by atoms with Gasteiger partial charge in [0.15, 0.2) is 0 Å². The van der Waals surface area contributed by atoms with Crippen LogP contribution in [0.4, 0.5) is 0 Å². The van der Waals surface area contributed by atoms with E-state index in [4.69, 9.17) is 27.9 Å². The van der Waals surface area contributed by atoms with Crippen molar-refractivity contribution in [2.75, 3.05) is 0 Å². The second-order valence-corrected chi connectivity index (χ2v) is 6.60. The van der Waals surface area contributed by atoms with Crippen molar-refractivity contribution in [1.29, 1.82) is 0 Å². The van der Waals surface area contributed by atoms with Crippen molar-refractivity contribution >= 4 is 23.2 Å². The standard InChI is InChI=1S/C21H19Cl2NO/c22-19-9-5-17(6-10-19)15-25-20-11-7-16(8-12-20)13-24-14-18-3-1-2-4-21(18)23/h1-12,24H,13-15H2. The summed E-state index contributed by atoms with van der Waals surface area (Å²) < 4.78 is 5.80. The summed E-state index contributed by atoms with van der Waals surface area (Å²) in [5, 5.41) is 4.93. The third-order valence-electron chi connectivity index (χ3n) is 3.84. The van der Waals surface area contributed by atoms with Crippen molar-refractivity contribution in [3.63, 3.8) is 0 Å². The lowest BCUT2D eigenvalue weighted by Crippen LogP contribution is -2.12. The highest BCUT2D eigenvalue weighted by Gasteiger charge is 2.00. The topological polar surface area (TPSA) is 21.3 Å². The fraction of sp³-hybridized carbons (Fsp3) is 0.143. The van der Waals surface area contributed by atoms with E-state index in [0.29, 0.717) is 6.61 Å². The van der Waals surface area contributed by atoms with Crippen LogP contribution < -0.4 is 10.1 Å². The molecule has 0 fully saturated rings. The van der Waals surface area contributed by atoms with E-state index >= 15 is 0 Å². The molecule has 0 saturated carbocycles. The summed E-state index contributed by atoms with van der Waals surface area (Å²) >= 11 is 12.0. The van der Waals surface area contributed by atoms with Gasteiger partial charge in [-0.05, 0) is 47.0 Å². The van der Waals surface area contributed by atoms with Crippen LogP contribution >= 0.6 is 23.2 Å². The Labute approximate surface area is 158 Å². The maximum Gasteiger partial charge on any atom is 0.119 e. The Balaban J connectivity index is 1.47. The van der Waals surface area contributed by atoms with Gasteiger partial charge in [-0.2, -0.15) is 0 Å². The zero-order valence-electron chi connectivity index (χ0n) is 13.7. The maximum atomic E-state index is 6.16. The van der Waals surface area contributed by atoms with Gasteiger partial charge in [0, 0.05) is 23.1 Å². The zero-order valence-corrected chi connectivity index (χ0v) is 15.2. The second-order valence-electron chi connectivity index (χ2n) is 5.75. The molecule has 25 heavy (non-hydrogen) atoms. The molecule has 0 heterocycles. The number of halogens is 2. The molecule has 0 bridgehead atoms. The largest absolute Gasteiger partial charge is 0.489 e. The smallest absolute Gasteiger partial charge is 0.119 e. The van der Waals surface area contributed by atoms with Crippen LogP contribution in [-0.4, -0.2) is 0 Å². The predicted molar refractivity (Wildman–Crippen MR) is 104 cm³/mol. The van der Waals surface area contributed by atoms with Crippen molar-refractivity contribution < 1.29 is 4.74 Å². The molecule has 0 aliphatic carbocycles. The average molecular weight is 372 g/mol. The molecular weight excluding hydrogens is 353 g/mol. The molecule has 4 heteroatoms. The summed E-state index contributed by atoms with van der Waals surface area (Å²) in [4.78, 5) is 0. The van der Waals surface area contributed by atoms with Gasteiger partial charge < -0.3 is 10.1 Å². The molecule has 2 nitrogen and oxygen atoms in total. The number of nitrogens with one attached hydrogen (secondary N) is 1. The summed E-state index contributed by atoms with van der Waals surface area (Å²) in [6.07, 6.45) is 0. The maximum absolute atomic E-state index is 6.16. The monoisotopic (exact) mass is 371 g/mol. The van der Waals surface area contributed by atoms with Crippen LogP contribution in [0.5, 0.6) is 5.75 Å². The third-order valence-corrected chi connectivity index (χ3v) is 4.47. The van der Waals surface area contributed by atoms with Crippen LogP contribution in [0.1, 0.15) is 16.7 Å². The van der Waals surface area contributed by atoms with E-state index in [1.165, 1.54) is 5.56 Å². The molecule has 0 aliphatic heterocycles. The van der Waals surface area contributed by atoms with Gasteiger partial charge >= 0.3 is 0 Å². The predicted octanol–water partition coefficient (Wildman–Crippen LogP) is 5.86. The molecule has 0 radical (unpaired) electrons. The first-order valence-corrected chi connectivity index (χ1v) is 8.86. The zero-order chi connectivity index (χ0) is 17.5. The van der Waals surface area contributed by atoms with E-state index in [0.717, 1.165) is 40.0 Å². The normalized spacial score (nSPS) is 10.6. The molecule has 3 rings (SSSR count). The first kappa shape index (κ1) is 17.8. The summed E-state index contributed by atoms with van der Waals surface area (Å²) in [5.74, 6) is 0.852. The highest BCUT2D eigenvalue weighted by atomic mass is 35.5. The Kier molecular flexibility index (Phi) is 6.35. The molecule has 3 aromatic carbocycles. The summed E-state index contributed by atoms with van der Waals surface area (Å²) in [6, 6.07) is 23.7. The van der Waals surface area contributed by atoms with E-state index in [9.17, 15) is 0 Å². The van der Waals surface area contributed by atoms with E-state index in [1.807, 2.05) is 60.7 Å². The van der Waals surface area contributed by atoms with Crippen LogP contribution in [0.25, 0.3) is 0 Å². The minimum Gasteiger partial charge on any atom is -0.489 e. The fourth-order valence-corrected chi connectivity index (χ4v) is 2.76. The quantitative estimate of drug-likeness (QED) is 0.561. The Hall–Kier alpha value is -2.00. The van der Waals surface area contributed by atoms with E-state index < -0.39 is 0 Å². The van der Waals surface area contributed by atoms with Gasteiger partial charge in [0.1, 0.15) is 12.4 Å². The molecule has 0 unspecified atom stereocenters. The van der Waals surface area contributed by atoms with Crippen LogP contribution in [0.2, 0.25) is 10.0 Å². The molecule has 0 aromatic heterocycles. The molecule has 128 valence electrons. The lowest BCUT2D eigenvalue weighted by atomic mass is 10.2. The Morgan fingerprint density at radius 1 is 0.720 bits per heavy atom. The van der Waals surface area contributed by atoms with Crippen molar-refractivity contribution in [2.24, 2.45) is 0 Å². The average Bonchev–Trinajstić information content (AvgIpc) is 2.64. The first-order chi connectivity index (χ1) is 12.2. The first-order valence-electron chi connectivity index (χ1n) is 8.11. The van der Waals surface area contributed by atoms with Gasteiger partial charge in [0.05, 0.1) is 0 Å². The van der Waals surface area contributed by atoms with Crippen molar-refractivity contribution in [3.05, 3.63) is 99.5 Å². The van der Waals surface area contributed by atoms with Crippen LogP contribution in [0, 0.1) is 0 Å². The van der Waals surface area contributed by atoms with Crippen molar-refractivity contribution in [3.8, 4) is 5.75 Å². The Morgan fingerprint density at radius 2 is 1.40 bits per heavy atom. The molecule has 0 spiro atoms. The minimum absolute atomic E-state index is 0.529. The van der Waals surface area contributed by atoms with Gasteiger partial charge in [-0.25, -0.2) is 0 Å². The molecule has 0 amide bonds. The molecule has 0 atom stereocenters. The molecule has 1 N–H and O–H groups in total. The molecule has 0 aliphatic rings. The number of rotatable bonds is 7. The summed E-state index contributed by atoms with van der Waals surface area (Å²) in [5.41, 5.74) is 3.40. The SMILES string of the molecule is Clc1ccc(COc2ccc(CNCc3ccccc3Cl)cc2)cc1. The lowest BCUT2D eigenvalue weighted by molar-refractivity contribution is 0.306. The van der Waals surface area contributed by atoms with Gasteiger partial charge in [-0.15, -0.1) is 0 Å².